The lowest BCUT2D eigenvalue weighted by Crippen LogP contribution is -2.68. The molecule has 46 heavy (non-hydrogen) atoms. The summed E-state index contributed by atoms with van der Waals surface area (Å²) < 4.78 is 38.7. The van der Waals surface area contributed by atoms with E-state index in [0.717, 1.165) is 6.92 Å². The van der Waals surface area contributed by atoms with Crippen LogP contribution in [0.5, 0.6) is 0 Å². The highest BCUT2D eigenvalue weighted by Gasteiger charge is 2.55. The Kier molecular flexibility index (Phi) is 12.7. The molecule has 20 atom stereocenters. The standard InChI is InChI=1S/C26H45NO19/c1-6-12(31)16(35)17(36)24(40-6)46-22-15(34)10(5-29)43-26(19(22)38)45-21-13(32)7(2)41-25(18(21)37)44-20-11(27-8(3)30)23(39)42-9(4-28)14(20)33/h6-7,9-26,28-29,31-39H,4-5H2,1-3H3,(H,27,30)/t6-,7-,9+,10+,11+,12+,13+,14+,15+,16+,17-,18-,19-,20+,21+,22-,23+,24-,25-,26+/m0/s1. The summed E-state index contributed by atoms with van der Waals surface area (Å²) in [4.78, 5) is 11.8. The van der Waals surface area contributed by atoms with Gasteiger partial charge >= 0.3 is 0 Å². The van der Waals surface area contributed by atoms with Crippen molar-refractivity contribution in [2.75, 3.05) is 13.2 Å². The second kappa shape index (κ2) is 15.5. The highest BCUT2D eigenvalue weighted by atomic mass is 16.8. The Balaban J connectivity index is 1.53. The normalized spacial score (nSPS) is 51.9. The second-order valence-corrected chi connectivity index (χ2v) is 11.8. The first-order valence-electron chi connectivity index (χ1n) is 14.8. The van der Waals surface area contributed by atoms with Gasteiger partial charge in [-0.25, -0.2) is 0 Å². The van der Waals surface area contributed by atoms with Gasteiger partial charge in [0.25, 0.3) is 0 Å². The molecule has 20 nitrogen and oxygen atoms in total. The molecule has 4 rings (SSSR count). The molecule has 20 heteroatoms. The summed E-state index contributed by atoms with van der Waals surface area (Å²) in [6.07, 6.45) is -30.8. The maximum absolute atomic E-state index is 11.8. The first kappa shape index (κ1) is 37.6. The molecule has 0 bridgehead atoms. The Labute approximate surface area is 262 Å². The van der Waals surface area contributed by atoms with Gasteiger partial charge in [0.15, 0.2) is 25.2 Å². The van der Waals surface area contributed by atoms with Gasteiger partial charge in [0.1, 0.15) is 85.4 Å². The lowest BCUT2D eigenvalue weighted by molar-refractivity contribution is -0.384. The molecule has 4 fully saturated rings. The molecular formula is C26H45NO19. The maximum atomic E-state index is 11.8. The second-order valence-electron chi connectivity index (χ2n) is 11.8. The van der Waals surface area contributed by atoms with Crippen LogP contribution in [0.25, 0.3) is 0 Å². The van der Waals surface area contributed by atoms with Gasteiger partial charge in [0.05, 0.1) is 25.4 Å². The minimum atomic E-state index is -1.94. The third-order valence-corrected chi connectivity index (χ3v) is 8.53. The Morgan fingerprint density at radius 3 is 1.54 bits per heavy atom. The van der Waals surface area contributed by atoms with Crippen molar-refractivity contribution >= 4 is 5.91 Å². The van der Waals surface area contributed by atoms with Gasteiger partial charge in [0.2, 0.25) is 5.91 Å². The number of carbonyl (C=O) groups excluding carboxylic acids is 1. The fourth-order valence-electron chi connectivity index (χ4n) is 5.82. The predicted molar refractivity (Wildman–Crippen MR) is 143 cm³/mol. The summed E-state index contributed by atoms with van der Waals surface area (Å²) in [6.45, 7) is 2.29. The number of carbonyl (C=O) groups is 1. The average Bonchev–Trinajstić information content (AvgIpc) is 3.01. The van der Waals surface area contributed by atoms with Crippen molar-refractivity contribution in [1.29, 1.82) is 0 Å². The Hall–Kier alpha value is -1.25. The number of aliphatic hydroxyl groups excluding tert-OH is 11. The minimum Gasteiger partial charge on any atom is -0.394 e. The molecule has 0 radical (unpaired) electrons. The fraction of sp³-hybridized carbons (Fsp3) is 0.962. The Bertz CT molecular complexity index is 997. The highest BCUT2D eigenvalue weighted by Crippen LogP contribution is 2.34. The van der Waals surface area contributed by atoms with E-state index in [1.54, 1.807) is 0 Å². The minimum absolute atomic E-state index is 0.641. The summed E-state index contributed by atoms with van der Waals surface area (Å²) in [6, 6.07) is -1.40. The number of nitrogens with one attached hydrogen (secondary N) is 1. The third kappa shape index (κ3) is 7.64. The number of hydrogen-bond acceptors (Lipinski definition) is 19. The lowest BCUT2D eigenvalue weighted by Gasteiger charge is -2.49. The molecule has 0 aromatic carbocycles. The van der Waals surface area contributed by atoms with E-state index in [0.29, 0.717) is 0 Å². The molecule has 0 spiro atoms. The number of rotatable bonds is 9. The van der Waals surface area contributed by atoms with Crippen LogP contribution < -0.4 is 5.32 Å². The van der Waals surface area contributed by atoms with Crippen molar-refractivity contribution in [3.8, 4) is 0 Å². The van der Waals surface area contributed by atoms with Gasteiger partial charge in [-0.1, -0.05) is 0 Å². The van der Waals surface area contributed by atoms with Gasteiger partial charge in [-0.05, 0) is 13.8 Å². The van der Waals surface area contributed by atoms with E-state index in [1.807, 2.05) is 0 Å². The topological polar surface area (TPSA) is 316 Å². The first-order chi connectivity index (χ1) is 21.6. The van der Waals surface area contributed by atoms with E-state index in [1.165, 1.54) is 13.8 Å². The van der Waals surface area contributed by atoms with Crippen molar-refractivity contribution in [2.24, 2.45) is 0 Å². The van der Waals surface area contributed by atoms with E-state index in [2.05, 4.69) is 5.32 Å². The molecule has 0 saturated carbocycles. The monoisotopic (exact) mass is 675 g/mol. The molecule has 12 N–H and O–H groups in total. The lowest BCUT2D eigenvalue weighted by atomic mass is 9.95. The van der Waals surface area contributed by atoms with E-state index in [4.69, 9.17) is 33.2 Å². The van der Waals surface area contributed by atoms with Crippen LogP contribution in [0.15, 0.2) is 0 Å². The molecule has 0 aromatic heterocycles. The van der Waals surface area contributed by atoms with Crippen LogP contribution >= 0.6 is 0 Å². The van der Waals surface area contributed by atoms with Crippen LogP contribution in [-0.2, 0) is 38.0 Å². The number of amides is 1. The average molecular weight is 676 g/mol. The summed E-state index contributed by atoms with van der Waals surface area (Å²) >= 11 is 0. The van der Waals surface area contributed by atoms with Crippen LogP contribution in [0.3, 0.4) is 0 Å². The van der Waals surface area contributed by atoms with Crippen LogP contribution in [0.1, 0.15) is 20.8 Å². The van der Waals surface area contributed by atoms with Crippen LogP contribution in [0.4, 0.5) is 0 Å². The van der Waals surface area contributed by atoms with Gasteiger partial charge in [0, 0.05) is 6.92 Å². The van der Waals surface area contributed by atoms with E-state index >= 15 is 0 Å². The zero-order valence-corrected chi connectivity index (χ0v) is 25.1. The first-order valence-corrected chi connectivity index (χ1v) is 14.8. The molecule has 1 amide bonds. The Morgan fingerprint density at radius 2 is 1.00 bits per heavy atom. The fourth-order valence-corrected chi connectivity index (χ4v) is 5.82. The summed E-state index contributed by atoms with van der Waals surface area (Å²) in [7, 11) is 0. The molecule has 4 aliphatic heterocycles. The van der Waals surface area contributed by atoms with Gasteiger partial charge in [-0.2, -0.15) is 0 Å². The predicted octanol–water partition coefficient (Wildman–Crippen LogP) is -7.55. The quantitative estimate of drug-likeness (QED) is 0.108. The van der Waals surface area contributed by atoms with Gasteiger partial charge in [-0.15, -0.1) is 0 Å². The largest absolute Gasteiger partial charge is 0.394 e. The SMILES string of the molecule is CC(=O)N[C@@H]1[C@@H](O[C@@H]2O[C@@H](C)[C@@H](O)[C@@H](O[C@H]3O[C@H](CO)[C@@H](O)[C@H](O[C@@H]4O[C@@H](C)[C@@H](O)[C@@H](O)[C@@H]4O)[C@@H]3O)[C@@H]2O)[C@H](O)[C@@H](CO)O[C@H]1O. The Morgan fingerprint density at radius 1 is 0.565 bits per heavy atom. The molecule has 4 heterocycles. The highest BCUT2D eigenvalue weighted by molar-refractivity contribution is 5.73. The summed E-state index contributed by atoms with van der Waals surface area (Å²) in [5.74, 6) is -0.641. The van der Waals surface area contributed by atoms with Crippen molar-refractivity contribution in [3.05, 3.63) is 0 Å². The summed E-state index contributed by atoms with van der Waals surface area (Å²) in [5, 5.41) is 117. The van der Waals surface area contributed by atoms with Crippen molar-refractivity contribution in [1.82, 2.24) is 5.32 Å². The molecule has 0 aliphatic carbocycles. The molecule has 0 unspecified atom stereocenters. The van der Waals surface area contributed by atoms with Crippen LogP contribution in [-0.4, -0.2) is 198 Å². The van der Waals surface area contributed by atoms with E-state index < -0.39 is 142 Å². The van der Waals surface area contributed by atoms with Crippen LogP contribution in [0.2, 0.25) is 0 Å². The molecule has 4 aliphatic rings. The van der Waals surface area contributed by atoms with Crippen LogP contribution in [0, 0.1) is 0 Å². The van der Waals surface area contributed by atoms with Gasteiger partial charge in [-0.3, -0.25) is 4.79 Å². The molecule has 0 aromatic rings. The molecule has 4 saturated heterocycles. The third-order valence-electron chi connectivity index (χ3n) is 8.53. The smallest absolute Gasteiger partial charge is 0.217 e. The zero-order chi connectivity index (χ0) is 34.2. The molecule has 268 valence electrons. The number of ether oxygens (including phenoxy) is 7. The van der Waals surface area contributed by atoms with E-state index in [-0.39, 0.29) is 0 Å². The number of aliphatic hydroxyl groups is 11. The van der Waals surface area contributed by atoms with E-state index in [9.17, 15) is 61.0 Å². The molecular weight excluding hydrogens is 630 g/mol. The summed E-state index contributed by atoms with van der Waals surface area (Å²) in [5.41, 5.74) is 0. The number of hydrogen-bond donors (Lipinski definition) is 12. The zero-order valence-electron chi connectivity index (χ0n) is 25.1. The maximum Gasteiger partial charge on any atom is 0.217 e. The van der Waals surface area contributed by atoms with Crippen molar-refractivity contribution in [3.63, 3.8) is 0 Å². The van der Waals surface area contributed by atoms with Crippen molar-refractivity contribution < 1.29 is 94.1 Å². The van der Waals surface area contributed by atoms with Gasteiger partial charge < -0.3 is 94.6 Å². The van der Waals surface area contributed by atoms with Crippen molar-refractivity contribution in [2.45, 2.75) is 144 Å².